The van der Waals surface area contributed by atoms with Gasteiger partial charge in [0.05, 0.1) is 6.61 Å². The van der Waals surface area contributed by atoms with Crippen LogP contribution in [0.2, 0.25) is 0 Å². The van der Waals surface area contributed by atoms with Crippen LogP contribution in [-0.4, -0.2) is 48.9 Å². The van der Waals surface area contributed by atoms with Crippen molar-refractivity contribution in [3.8, 4) is 11.5 Å². The van der Waals surface area contributed by atoms with Crippen molar-refractivity contribution in [3.05, 3.63) is 23.8 Å². The van der Waals surface area contributed by atoms with Gasteiger partial charge < -0.3 is 29.4 Å². The first-order valence-corrected chi connectivity index (χ1v) is 13.9. The SMILES string of the molecule is CCCCCOC(=O)O[C@@H](C)[C@H](C)OC(=O)[C@@H](N)Cc1ccc(OC(=O)CCCC)c(OC(=O)CCCC)c1. The Morgan fingerprint density at radius 2 is 1.33 bits per heavy atom. The van der Waals surface area contributed by atoms with Gasteiger partial charge in [0, 0.05) is 12.8 Å². The van der Waals surface area contributed by atoms with Gasteiger partial charge in [0.15, 0.2) is 11.5 Å². The number of esters is 3. The van der Waals surface area contributed by atoms with Gasteiger partial charge in [0.25, 0.3) is 0 Å². The smallest absolute Gasteiger partial charge is 0.458 e. The van der Waals surface area contributed by atoms with Gasteiger partial charge in [-0.3, -0.25) is 14.4 Å². The molecule has 3 atom stereocenters. The molecule has 0 aromatic heterocycles. The molecule has 1 aromatic rings. The van der Waals surface area contributed by atoms with E-state index in [2.05, 4.69) is 0 Å². The molecular formula is C29H45NO9. The average molecular weight is 552 g/mol. The largest absolute Gasteiger partial charge is 0.508 e. The fraction of sp³-hybridized carbons (Fsp3) is 0.655. The Morgan fingerprint density at radius 3 is 1.92 bits per heavy atom. The molecule has 0 aliphatic rings. The molecule has 1 aromatic carbocycles. The molecule has 39 heavy (non-hydrogen) atoms. The highest BCUT2D eigenvalue weighted by atomic mass is 16.7. The molecule has 0 aliphatic carbocycles. The number of hydrogen-bond donors (Lipinski definition) is 1. The van der Waals surface area contributed by atoms with Gasteiger partial charge in [-0.2, -0.15) is 0 Å². The minimum absolute atomic E-state index is 0.0732. The summed E-state index contributed by atoms with van der Waals surface area (Å²) in [5.74, 6) is -1.35. The summed E-state index contributed by atoms with van der Waals surface area (Å²) in [5.41, 5.74) is 6.67. The molecule has 0 amide bonds. The zero-order valence-corrected chi connectivity index (χ0v) is 24.0. The van der Waals surface area contributed by atoms with Crippen molar-refractivity contribution in [2.75, 3.05) is 6.61 Å². The predicted molar refractivity (Wildman–Crippen MR) is 145 cm³/mol. The lowest BCUT2D eigenvalue weighted by molar-refractivity contribution is -0.155. The Labute approximate surface area is 231 Å². The third kappa shape index (κ3) is 14.0. The lowest BCUT2D eigenvalue weighted by Crippen LogP contribution is -2.39. The Kier molecular flexibility index (Phi) is 16.5. The Balaban J connectivity index is 2.79. The fourth-order valence-corrected chi connectivity index (χ4v) is 3.33. The second-order valence-electron chi connectivity index (χ2n) is 9.52. The maximum absolute atomic E-state index is 12.6. The Morgan fingerprint density at radius 1 is 0.769 bits per heavy atom. The number of carbonyl (C=O) groups is 4. The van der Waals surface area contributed by atoms with Gasteiger partial charge in [0.2, 0.25) is 0 Å². The fourth-order valence-electron chi connectivity index (χ4n) is 3.33. The third-order valence-corrected chi connectivity index (χ3v) is 5.90. The van der Waals surface area contributed by atoms with E-state index in [0.717, 1.165) is 32.1 Å². The molecule has 0 saturated carbocycles. The molecule has 0 heterocycles. The van der Waals surface area contributed by atoms with Crippen molar-refractivity contribution in [1.29, 1.82) is 0 Å². The van der Waals surface area contributed by atoms with E-state index < -0.39 is 42.3 Å². The first kappa shape index (κ1) is 33.9. The van der Waals surface area contributed by atoms with E-state index in [9.17, 15) is 19.2 Å². The van der Waals surface area contributed by atoms with E-state index in [1.807, 2.05) is 20.8 Å². The van der Waals surface area contributed by atoms with Crippen LogP contribution >= 0.6 is 0 Å². The number of hydrogen-bond acceptors (Lipinski definition) is 10. The molecule has 0 bridgehead atoms. The summed E-state index contributed by atoms with van der Waals surface area (Å²) in [4.78, 5) is 48.8. The molecule has 0 unspecified atom stereocenters. The minimum atomic E-state index is -1.04. The average Bonchev–Trinajstić information content (AvgIpc) is 2.89. The summed E-state index contributed by atoms with van der Waals surface area (Å²) < 4.78 is 26.5. The highest BCUT2D eigenvalue weighted by molar-refractivity contribution is 5.77. The number of nitrogens with two attached hydrogens (primary N) is 1. The van der Waals surface area contributed by atoms with Gasteiger partial charge in [-0.15, -0.1) is 0 Å². The van der Waals surface area contributed by atoms with Gasteiger partial charge in [-0.1, -0.05) is 52.5 Å². The van der Waals surface area contributed by atoms with Crippen molar-refractivity contribution in [3.63, 3.8) is 0 Å². The van der Waals surface area contributed by atoms with E-state index in [-0.39, 0.29) is 37.4 Å². The molecule has 2 N–H and O–H groups in total. The maximum Gasteiger partial charge on any atom is 0.508 e. The molecule has 0 saturated heterocycles. The van der Waals surface area contributed by atoms with E-state index in [1.165, 1.54) is 12.1 Å². The van der Waals surface area contributed by atoms with Crippen LogP contribution in [0.25, 0.3) is 0 Å². The van der Waals surface area contributed by atoms with Crippen LogP contribution in [0.15, 0.2) is 18.2 Å². The van der Waals surface area contributed by atoms with Crippen LogP contribution < -0.4 is 15.2 Å². The number of carbonyl (C=O) groups excluding carboxylic acids is 4. The highest BCUT2D eigenvalue weighted by Gasteiger charge is 2.25. The predicted octanol–water partition coefficient (Wildman–Crippen LogP) is 5.41. The number of benzene rings is 1. The zero-order valence-electron chi connectivity index (χ0n) is 24.0. The molecule has 0 radical (unpaired) electrons. The number of ether oxygens (including phenoxy) is 5. The molecule has 10 heteroatoms. The van der Waals surface area contributed by atoms with Crippen LogP contribution in [0.4, 0.5) is 4.79 Å². The van der Waals surface area contributed by atoms with E-state index >= 15 is 0 Å². The maximum atomic E-state index is 12.6. The van der Waals surface area contributed by atoms with Crippen LogP contribution in [-0.2, 0) is 35.0 Å². The van der Waals surface area contributed by atoms with Gasteiger partial charge in [0.1, 0.15) is 18.2 Å². The molecule has 220 valence electrons. The first-order chi connectivity index (χ1) is 18.6. The van der Waals surface area contributed by atoms with E-state index in [0.29, 0.717) is 18.4 Å². The lowest BCUT2D eigenvalue weighted by Gasteiger charge is -2.22. The summed E-state index contributed by atoms with van der Waals surface area (Å²) >= 11 is 0. The van der Waals surface area contributed by atoms with Crippen molar-refractivity contribution in [2.45, 2.75) is 117 Å². The molecular weight excluding hydrogens is 506 g/mol. The second-order valence-corrected chi connectivity index (χ2v) is 9.52. The topological polar surface area (TPSA) is 140 Å². The van der Waals surface area contributed by atoms with Crippen molar-refractivity contribution < 1.29 is 42.9 Å². The van der Waals surface area contributed by atoms with Crippen LogP contribution in [0.3, 0.4) is 0 Å². The molecule has 0 fully saturated rings. The molecule has 0 aliphatic heterocycles. The lowest BCUT2D eigenvalue weighted by atomic mass is 10.1. The summed E-state index contributed by atoms with van der Waals surface area (Å²) in [6, 6.07) is 3.65. The molecule has 10 nitrogen and oxygen atoms in total. The van der Waals surface area contributed by atoms with Crippen LogP contribution in [0.5, 0.6) is 11.5 Å². The zero-order chi connectivity index (χ0) is 29.2. The standard InChI is InChI=1S/C29H45NO9/c1-6-9-12-17-35-29(34)37-21(5)20(4)36-28(33)23(30)18-22-15-16-24(38-26(31)13-10-7-2)25(19-22)39-27(32)14-11-8-3/h15-16,19-21,23H,6-14,17-18,30H2,1-5H3/t20-,21-,23-/m0/s1. The summed E-state index contributed by atoms with van der Waals surface area (Å²) in [6.07, 6.45) is 3.94. The summed E-state index contributed by atoms with van der Waals surface area (Å²) in [7, 11) is 0. The monoisotopic (exact) mass is 551 g/mol. The van der Waals surface area contributed by atoms with Gasteiger partial charge in [-0.25, -0.2) is 4.79 Å². The van der Waals surface area contributed by atoms with Gasteiger partial charge >= 0.3 is 24.1 Å². The van der Waals surface area contributed by atoms with E-state index in [4.69, 9.17) is 29.4 Å². The summed E-state index contributed by atoms with van der Waals surface area (Å²) in [6.45, 7) is 9.43. The second kappa shape index (κ2) is 19.0. The van der Waals surface area contributed by atoms with Crippen LogP contribution in [0.1, 0.15) is 98.0 Å². The Hall–Kier alpha value is -3.14. The van der Waals surface area contributed by atoms with Crippen molar-refractivity contribution in [2.24, 2.45) is 5.73 Å². The normalized spacial score (nSPS) is 13.1. The number of unbranched alkanes of at least 4 members (excludes halogenated alkanes) is 4. The third-order valence-electron chi connectivity index (χ3n) is 5.90. The molecule has 1 rings (SSSR count). The van der Waals surface area contributed by atoms with E-state index in [1.54, 1.807) is 19.9 Å². The van der Waals surface area contributed by atoms with Gasteiger partial charge in [-0.05, 0) is 57.2 Å². The number of rotatable bonds is 18. The molecule has 0 spiro atoms. The van der Waals surface area contributed by atoms with Crippen molar-refractivity contribution >= 4 is 24.1 Å². The van der Waals surface area contributed by atoms with Crippen LogP contribution in [0, 0.1) is 0 Å². The Bertz CT molecular complexity index is 918. The minimum Gasteiger partial charge on any atom is -0.458 e. The summed E-state index contributed by atoms with van der Waals surface area (Å²) in [5, 5.41) is 0. The quantitative estimate of drug-likeness (QED) is 0.143. The first-order valence-electron chi connectivity index (χ1n) is 13.9. The van der Waals surface area contributed by atoms with Crippen molar-refractivity contribution in [1.82, 2.24) is 0 Å². The highest BCUT2D eigenvalue weighted by Crippen LogP contribution is 2.30.